The van der Waals surface area contributed by atoms with Crippen LogP contribution < -0.4 is 10.6 Å². The van der Waals surface area contributed by atoms with Gasteiger partial charge in [-0.1, -0.05) is 11.3 Å². The predicted octanol–water partition coefficient (Wildman–Crippen LogP) is 2.41. The van der Waals surface area contributed by atoms with Crippen molar-refractivity contribution < 1.29 is 0 Å². The number of fused-ring (bicyclic) bond motifs is 1. The molecule has 1 saturated heterocycles. The molecule has 2 N–H and O–H groups in total. The minimum absolute atomic E-state index is 0.505. The highest BCUT2D eigenvalue weighted by molar-refractivity contribution is 7.22. The second-order valence-corrected chi connectivity index (χ2v) is 6.39. The largest absolute Gasteiger partial charge is 0.399 e. The first kappa shape index (κ1) is 12.7. The molecule has 1 aromatic carbocycles. The fourth-order valence-electron chi connectivity index (χ4n) is 2.71. The van der Waals surface area contributed by atoms with Crippen molar-refractivity contribution in [3.05, 3.63) is 18.2 Å². The monoisotopic (exact) mass is 276 g/mol. The summed E-state index contributed by atoms with van der Waals surface area (Å²) in [5, 5.41) is 1.13. The number of likely N-dealkylation sites (N-methyl/N-ethyl adjacent to an activating group) is 1. The molecule has 0 saturated carbocycles. The number of anilines is 2. The highest BCUT2D eigenvalue weighted by Crippen LogP contribution is 2.31. The Labute approximate surface area is 117 Å². The fourth-order valence-corrected chi connectivity index (χ4v) is 3.85. The van der Waals surface area contributed by atoms with Gasteiger partial charge < -0.3 is 15.5 Å². The van der Waals surface area contributed by atoms with Crippen LogP contribution >= 0.6 is 11.3 Å². The average molecular weight is 276 g/mol. The van der Waals surface area contributed by atoms with Gasteiger partial charge in [-0.05, 0) is 45.1 Å². The lowest BCUT2D eigenvalue weighted by molar-refractivity contribution is 0.337. The van der Waals surface area contributed by atoms with Crippen LogP contribution in [0.15, 0.2) is 18.2 Å². The van der Waals surface area contributed by atoms with Gasteiger partial charge in [-0.15, -0.1) is 0 Å². The number of nitrogens with zero attached hydrogens (tertiary/aromatic N) is 3. The third-order valence-corrected chi connectivity index (χ3v) is 4.75. The number of nitrogen functional groups attached to an aromatic ring is 1. The third-order valence-electron chi connectivity index (χ3n) is 3.69. The van der Waals surface area contributed by atoms with Crippen LogP contribution in [0.4, 0.5) is 10.8 Å². The minimum Gasteiger partial charge on any atom is -0.399 e. The van der Waals surface area contributed by atoms with Crippen molar-refractivity contribution in [2.75, 3.05) is 37.3 Å². The standard InChI is InChI=1S/C14H20N4S/c1-10-9-17(2)6-3-7-18(10)14-16-12-5-4-11(15)8-13(12)19-14/h4-5,8,10H,3,6-7,9,15H2,1-2H3. The summed E-state index contributed by atoms with van der Waals surface area (Å²) in [6.07, 6.45) is 1.19. The maximum absolute atomic E-state index is 5.84. The van der Waals surface area contributed by atoms with E-state index >= 15 is 0 Å². The maximum atomic E-state index is 5.84. The number of hydrogen-bond donors (Lipinski definition) is 1. The third kappa shape index (κ3) is 2.53. The molecule has 2 heterocycles. The second kappa shape index (κ2) is 4.98. The summed E-state index contributed by atoms with van der Waals surface area (Å²) in [5.41, 5.74) is 7.71. The van der Waals surface area contributed by atoms with E-state index in [0.29, 0.717) is 6.04 Å². The first-order valence-corrected chi connectivity index (χ1v) is 7.56. The zero-order valence-corrected chi connectivity index (χ0v) is 12.3. The highest BCUT2D eigenvalue weighted by atomic mass is 32.1. The average Bonchev–Trinajstić information content (AvgIpc) is 2.68. The van der Waals surface area contributed by atoms with E-state index in [0.717, 1.165) is 29.4 Å². The van der Waals surface area contributed by atoms with E-state index in [4.69, 9.17) is 10.7 Å². The summed E-state index contributed by atoms with van der Waals surface area (Å²) in [5.74, 6) is 0. The van der Waals surface area contributed by atoms with Gasteiger partial charge in [-0.25, -0.2) is 4.98 Å². The summed E-state index contributed by atoms with van der Waals surface area (Å²) < 4.78 is 1.18. The van der Waals surface area contributed by atoms with Crippen LogP contribution in [0.2, 0.25) is 0 Å². The van der Waals surface area contributed by atoms with Crippen LogP contribution in [-0.4, -0.2) is 42.6 Å². The van der Waals surface area contributed by atoms with Crippen molar-refractivity contribution in [2.24, 2.45) is 0 Å². The molecule has 102 valence electrons. The SMILES string of the molecule is CC1CN(C)CCCN1c1nc2ccc(N)cc2s1. The lowest BCUT2D eigenvalue weighted by Crippen LogP contribution is -2.37. The molecule has 3 rings (SSSR count). The van der Waals surface area contributed by atoms with Gasteiger partial charge in [0.25, 0.3) is 0 Å². The van der Waals surface area contributed by atoms with Gasteiger partial charge in [0.2, 0.25) is 0 Å². The Bertz CT molecular complexity index is 580. The summed E-state index contributed by atoms with van der Waals surface area (Å²) in [4.78, 5) is 9.60. The minimum atomic E-state index is 0.505. The fraction of sp³-hybridized carbons (Fsp3) is 0.500. The van der Waals surface area contributed by atoms with Crippen molar-refractivity contribution in [3.63, 3.8) is 0 Å². The quantitative estimate of drug-likeness (QED) is 0.813. The molecule has 2 aromatic rings. The normalized spacial score (nSPS) is 21.8. The van der Waals surface area contributed by atoms with E-state index in [1.807, 2.05) is 18.2 Å². The molecule has 0 radical (unpaired) electrons. The topological polar surface area (TPSA) is 45.4 Å². The van der Waals surface area contributed by atoms with E-state index in [9.17, 15) is 0 Å². The van der Waals surface area contributed by atoms with Crippen LogP contribution in [0.3, 0.4) is 0 Å². The number of aromatic nitrogens is 1. The number of benzene rings is 1. The second-order valence-electron chi connectivity index (χ2n) is 5.38. The number of nitrogens with two attached hydrogens (primary N) is 1. The number of hydrogen-bond acceptors (Lipinski definition) is 5. The smallest absolute Gasteiger partial charge is 0.186 e. The van der Waals surface area contributed by atoms with Crippen LogP contribution in [0, 0.1) is 0 Å². The lowest BCUT2D eigenvalue weighted by Gasteiger charge is -2.27. The summed E-state index contributed by atoms with van der Waals surface area (Å²) in [6, 6.07) is 6.46. The molecule has 1 aliphatic heterocycles. The van der Waals surface area contributed by atoms with Crippen LogP contribution in [0.25, 0.3) is 10.2 Å². The van der Waals surface area contributed by atoms with Crippen LogP contribution in [0.5, 0.6) is 0 Å². The molecular formula is C14H20N4S. The van der Waals surface area contributed by atoms with E-state index in [1.54, 1.807) is 11.3 Å². The Balaban J connectivity index is 1.94. The Morgan fingerprint density at radius 1 is 1.37 bits per heavy atom. The first-order valence-electron chi connectivity index (χ1n) is 6.75. The van der Waals surface area contributed by atoms with E-state index in [-0.39, 0.29) is 0 Å². The van der Waals surface area contributed by atoms with Crippen molar-refractivity contribution in [2.45, 2.75) is 19.4 Å². The van der Waals surface area contributed by atoms with Crippen LogP contribution in [-0.2, 0) is 0 Å². The van der Waals surface area contributed by atoms with E-state index in [1.165, 1.54) is 17.7 Å². The first-order chi connectivity index (χ1) is 9.13. The molecule has 1 aromatic heterocycles. The molecule has 0 aliphatic carbocycles. The predicted molar refractivity (Wildman–Crippen MR) is 83.0 cm³/mol. The van der Waals surface area contributed by atoms with Crippen molar-refractivity contribution in [1.29, 1.82) is 0 Å². The Kier molecular flexibility index (Phi) is 3.33. The molecule has 5 heteroatoms. The van der Waals surface area contributed by atoms with E-state index < -0.39 is 0 Å². The van der Waals surface area contributed by atoms with Gasteiger partial charge in [0.15, 0.2) is 5.13 Å². The number of thiazole rings is 1. The Morgan fingerprint density at radius 3 is 3.05 bits per heavy atom. The zero-order valence-electron chi connectivity index (χ0n) is 11.5. The molecule has 1 aliphatic rings. The highest BCUT2D eigenvalue weighted by Gasteiger charge is 2.22. The molecule has 1 unspecified atom stereocenters. The molecule has 19 heavy (non-hydrogen) atoms. The molecule has 4 nitrogen and oxygen atoms in total. The van der Waals surface area contributed by atoms with Gasteiger partial charge in [-0.2, -0.15) is 0 Å². The zero-order chi connectivity index (χ0) is 13.4. The number of rotatable bonds is 1. The van der Waals surface area contributed by atoms with Crippen LogP contribution in [0.1, 0.15) is 13.3 Å². The molecule has 1 fully saturated rings. The van der Waals surface area contributed by atoms with Gasteiger partial charge in [0.05, 0.1) is 10.2 Å². The molecule has 0 bridgehead atoms. The van der Waals surface area contributed by atoms with Crippen molar-refractivity contribution in [3.8, 4) is 0 Å². The van der Waals surface area contributed by atoms with Crippen molar-refractivity contribution in [1.82, 2.24) is 9.88 Å². The molecule has 0 spiro atoms. The summed E-state index contributed by atoms with van der Waals surface area (Å²) in [7, 11) is 2.19. The van der Waals surface area contributed by atoms with Gasteiger partial charge in [-0.3, -0.25) is 0 Å². The molecule has 0 amide bonds. The maximum Gasteiger partial charge on any atom is 0.186 e. The van der Waals surface area contributed by atoms with Gasteiger partial charge in [0.1, 0.15) is 0 Å². The Morgan fingerprint density at radius 2 is 2.21 bits per heavy atom. The molecular weight excluding hydrogens is 256 g/mol. The lowest BCUT2D eigenvalue weighted by atomic mass is 10.3. The molecule has 1 atom stereocenters. The van der Waals surface area contributed by atoms with Gasteiger partial charge in [0, 0.05) is 24.8 Å². The van der Waals surface area contributed by atoms with Crippen molar-refractivity contribution >= 4 is 32.4 Å². The van der Waals surface area contributed by atoms with E-state index in [2.05, 4.69) is 23.8 Å². The Hall–Kier alpha value is -1.33. The van der Waals surface area contributed by atoms with Gasteiger partial charge >= 0.3 is 0 Å². The summed E-state index contributed by atoms with van der Waals surface area (Å²) in [6.45, 7) is 5.62. The summed E-state index contributed by atoms with van der Waals surface area (Å²) >= 11 is 1.75.